The van der Waals surface area contributed by atoms with E-state index in [-0.39, 0.29) is 6.42 Å². The molecule has 4 nitrogen and oxygen atoms in total. The molecule has 0 aliphatic carbocycles. The molecule has 0 fully saturated rings. The summed E-state index contributed by atoms with van der Waals surface area (Å²) in [6.07, 6.45) is 6.10. The number of ether oxygens (including phenoxy) is 1. The fourth-order valence-electron chi connectivity index (χ4n) is 1.22. The summed E-state index contributed by atoms with van der Waals surface area (Å²) in [5.41, 5.74) is 0. The number of carboxylic acid groups (broad SMARTS) is 1. The number of hydrogen-bond donors (Lipinski definition) is 1. The second-order valence-electron chi connectivity index (χ2n) is 3.23. The molecule has 0 radical (unpaired) electrons. The van der Waals surface area contributed by atoms with E-state index in [4.69, 9.17) is 5.11 Å². The van der Waals surface area contributed by atoms with E-state index >= 15 is 0 Å². The predicted molar refractivity (Wildman–Crippen MR) is 52.0 cm³/mol. The molecule has 82 valence electrons. The van der Waals surface area contributed by atoms with E-state index in [1.807, 2.05) is 0 Å². The number of unbranched alkanes of at least 4 members (excludes halogenated alkanes) is 5. The largest absolute Gasteiger partial charge is 0.481 e. The summed E-state index contributed by atoms with van der Waals surface area (Å²) in [4.78, 5) is 19.9. The summed E-state index contributed by atoms with van der Waals surface area (Å²) in [6, 6.07) is 0. The summed E-state index contributed by atoms with van der Waals surface area (Å²) < 4.78 is 4.53. The minimum absolute atomic E-state index is 0.272. The fraction of sp³-hybridized carbons (Fsp3) is 0.800. The molecule has 0 bridgehead atoms. The van der Waals surface area contributed by atoms with Crippen LogP contribution in [0.2, 0.25) is 0 Å². The average molecular weight is 202 g/mol. The van der Waals surface area contributed by atoms with Gasteiger partial charge in [0.05, 0.1) is 6.61 Å². The molecule has 0 heterocycles. The van der Waals surface area contributed by atoms with E-state index in [1.54, 1.807) is 0 Å². The van der Waals surface area contributed by atoms with Crippen LogP contribution in [0, 0.1) is 0 Å². The third-order valence-corrected chi connectivity index (χ3v) is 1.97. The Hall–Kier alpha value is -1.06. The minimum atomic E-state index is -0.718. The van der Waals surface area contributed by atoms with Crippen molar-refractivity contribution in [2.75, 3.05) is 6.61 Å². The van der Waals surface area contributed by atoms with Gasteiger partial charge >= 0.3 is 5.97 Å². The summed E-state index contributed by atoms with van der Waals surface area (Å²) in [7, 11) is 0. The first-order valence-electron chi connectivity index (χ1n) is 5.04. The van der Waals surface area contributed by atoms with Crippen molar-refractivity contribution in [3.8, 4) is 0 Å². The highest BCUT2D eigenvalue weighted by molar-refractivity contribution is 5.66. The normalized spacial score (nSPS) is 9.71. The van der Waals surface area contributed by atoms with Crippen molar-refractivity contribution < 1.29 is 19.4 Å². The van der Waals surface area contributed by atoms with Gasteiger partial charge in [0, 0.05) is 6.42 Å². The minimum Gasteiger partial charge on any atom is -0.481 e. The second kappa shape index (κ2) is 10.0. The number of aliphatic carboxylic acids is 1. The predicted octanol–water partition coefficient (Wildman–Crippen LogP) is 1.97. The van der Waals surface area contributed by atoms with Gasteiger partial charge < -0.3 is 9.84 Å². The van der Waals surface area contributed by atoms with Crippen molar-refractivity contribution in [3.05, 3.63) is 0 Å². The van der Waals surface area contributed by atoms with Crippen LogP contribution in [-0.2, 0) is 14.3 Å². The van der Waals surface area contributed by atoms with Crippen LogP contribution in [-0.4, -0.2) is 24.2 Å². The lowest BCUT2D eigenvalue weighted by Gasteiger charge is -2.00. The summed E-state index contributed by atoms with van der Waals surface area (Å²) >= 11 is 0. The molecule has 0 saturated carbocycles. The Bertz CT molecular complexity index is 156. The summed E-state index contributed by atoms with van der Waals surface area (Å²) in [5, 5.41) is 8.36. The van der Waals surface area contributed by atoms with E-state index in [0.29, 0.717) is 13.1 Å². The molecule has 4 heteroatoms. The maximum atomic E-state index is 10.2. The Labute approximate surface area is 84.3 Å². The van der Waals surface area contributed by atoms with Gasteiger partial charge in [-0.1, -0.05) is 25.7 Å². The maximum absolute atomic E-state index is 10.2. The van der Waals surface area contributed by atoms with Crippen molar-refractivity contribution >= 4 is 12.4 Å². The average Bonchev–Trinajstić information content (AvgIpc) is 2.15. The lowest BCUT2D eigenvalue weighted by Crippen LogP contribution is -1.94. The second-order valence-corrected chi connectivity index (χ2v) is 3.23. The Kier molecular flexibility index (Phi) is 9.26. The van der Waals surface area contributed by atoms with Crippen LogP contribution in [0.1, 0.15) is 44.9 Å². The quantitative estimate of drug-likeness (QED) is 0.434. The van der Waals surface area contributed by atoms with Crippen LogP contribution in [0.5, 0.6) is 0 Å². The molecule has 1 N–H and O–H groups in total. The molecule has 0 atom stereocenters. The Morgan fingerprint density at radius 3 is 2.21 bits per heavy atom. The van der Waals surface area contributed by atoms with E-state index in [1.165, 1.54) is 0 Å². The number of carbonyl (C=O) groups excluding carboxylic acids is 1. The number of rotatable bonds is 10. The van der Waals surface area contributed by atoms with Crippen LogP contribution in [0.25, 0.3) is 0 Å². The SMILES string of the molecule is O=COCCCCCCCCC(=O)O. The number of hydrogen-bond acceptors (Lipinski definition) is 3. The van der Waals surface area contributed by atoms with Gasteiger partial charge in [-0.3, -0.25) is 9.59 Å². The number of carboxylic acids is 1. The first-order valence-corrected chi connectivity index (χ1v) is 5.04. The molecule has 0 spiro atoms. The van der Waals surface area contributed by atoms with Crippen LogP contribution in [0.3, 0.4) is 0 Å². The zero-order chi connectivity index (χ0) is 10.6. The van der Waals surface area contributed by atoms with Gasteiger partial charge in [0.25, 0.3) is 6.47 Å². The first-order chi connectivity index (χ1) is 6.77. The van der Waals surface area contributed by atoms with Gasteiger partial charge in [0.1, 0.15) is 0 Å². The molecule has 0 unspecified atom stereocenters. The molecule has 0 aromatic carbocycles. The van der Waals surface area contributed by atoms with Gasteiger partial charge in [-0.25, -0.2) is 0 Å². The topological polar surface area (TPSA) is 63.6 Å². The highest BCUT2D eigenvalue weighted by atomic mass is 16.5. The van der Waals surface area contributed by atoms with Gasteiger partial charge in [-0.2, -0.15) is 0 Å². The molecular formula is C10H18O4. The zero-order valence-electron chi connectivity index (χ0n) is 8.41. The van der Waals surface area contributed by atoms with E-state index in [9.17, 15) is 9.59 Å². The van der Waals surface area contributed by atoms with Crippen molar-refractivity contribution in [3.63, 3.8) is 0 Å². The van der Waals surface area contributed by atoms with Crippen LogP contribution in [0.15, 0.2) is 0 Å². The molecule has 0 amide bonds. The smallest absolute Gasteiger partial charge is 0.303 e. The lowest BCUT2D eigenvalue weighted by molar-refractivity contribution is -0.137. The monoisotopic (exact) mass is 202 g/mol. The van der Waals surface area contributed by atoms with Crippen LogP contribution in [0.4, 0.5) is 0 Å². The van der Waals surface area contributed by atoms with Gasteiger partial charge in [-0.15, -0.1) is 0 Å². The van der Waals surface area contributed by atoms with Gasteiger partial charge in [-0.05, 0) is 12.8 Å². The molecular weight excluding hydrogens is 184 g/mol. The molecule has 0 aliphatic heterocycles. The molecule has 0 aromatic rings. The van der Waals surface area contributed by atoms with Gasteiger partial charge in [0.15, 0.2) is 0 Å². The molecule has 14 heavy (non-hydrogen) atoms. The third kappa shape index (κ3) is 10.9. The molecule has 0 aliphatic rings. The fourth-order valence-corrected chi connectivity index (χ4v) is 1.22. The zero-order valence-corrected chi connectivity index (χ0v) is 8.41. The first kappa shape index (κ1) is 12.9. The van der Waals surface area contributed by atoms with Crippen molar-refractivity contribution in [2.45, 2.75) is 44.9 Å². The molecule has 0 saturated heterocycles. The maximum Gasteiger partial charge on any atom is 0.303 e. The highest BCUT2D eigenvalue weighted by Crippen LogP contribution is 2.06. The molecule has 0 rings (SSSR count). The number of carbonyl (C=O) groups is 2. The molecule has 0 aromatic heterocycles. The summed E-state index contributed by atoms with van der Waals surface area (Å²) in [6.45, 7) is 0.964. The standard InChI is InChI=1S/C10H18O4/c11-9-14-8-6-4-2-1-3-5-7-10(12)13/h9H,1-8H2,(H,12,13). The Morgan fingerprint density at radius 2 is 1.64 bits per heavy atom. The Morgan fingerprint density at radius 1 is 1.07 bits per heavy atom. The van der Waals surface area contributed by atoms with E-state index < -0.39 is 5.97 Å². The third-order valence-electron chi connectivity index (χ3n) is 1.97. The van der Waals surface area contributed by atoms with Gasteiger partial charge in [0.2, 0.25) is 0 Å². The highest BCUT2D eigenvalue weighted by Gasteiger charge is 1.96. The van der Waals surface area contributed by atoms with Crippen LogP contribution >= 0.6 is 0 Å². The van der Waals surface area contributed by atoms with E-state index in [0.717, 1.165) is 38.5 Å². The lowest BCUT2D eigenvalue weighted by atomic mass is 10.1. The van der Waals surface area contributed by atoms with Crippen molar-refractivity contribution in [2.24, 2.45) is 0 Å². The Balaban J connectivity index is 2.92. The van der Waals surface area contributed by atoms with E-state index in [2.05, 4.69) is 4.74 Å². The van der Waals surface area contributed by atoms with Crippen molar-refractivity contribution in [1.82, 2.24) is 0 Å². The van der Waals surface area contributed by atoms with Crippen LogP contribution < -0.4 is 0 Å². The summed E-state index contributed by atoms with van der Waals surface area (Å²) in [5.74, 6) is -0.718. The van der Waals surface area contributed by atoms with Crippen molar-refractivity contribution in [1.29, 1.82) is 0 Å².